The molecule has 2 N–H and O–H groups in total. The Balaban J connectivity index is 1.83. The van der Waals surface area contributed by atoms with Gasteiger partial charge in [0, 0.05) is 18.6 Å². The smallest absolute Gasteiger partial charge is 0.387 e. The third kappa shape index (κ3) is 2.41. The van der Waals surface area contributed by atoms with E-state index in [2.05, 4.69) is 10.2 Å². The Morgan fingerprint density at radius 1 is 1.40 bits per heavy atom. The molecule has 1 saturated heterocycles. The van der Waals surface area contributed by atoms with Gasteiger partial charge in [0.1, 0.15) is 5.60 Å². The topological polar surface area (TPSA) is 60.0 Å². The summed E-state index contributed by atoms with van der Waals surface area (Å²) < 4.78 is 33.7. The summed E-state index contributed by atoms with van der Waals surface area (Å²) in [6.45, 7) is -1.89. The van der Waals surface area contributed by atoms with E-state index in [1.54, 1.807) is 6.07 Å². The number of phenols is 1. The fourth-order valence-electron chi connectivity index (χ4n) is 2.26. The molecule has 3 rings (SSSR count). The first kappa shape index (κ1) is 13.1. The van der Waals surface area contributed by atoms with Crippen molar-refractivity contribution < 1.29 is 28.2 Å². The molecule has 0 saturated carbocycles. The summed E-state index contributed by atoms with van der Waals surface area (Å²) in [6, 6.07) is 4.19. The summed E-state index contributed by atoms with van der Waals surface area (Å²) in [4.78, 5) is 5.50. The van der Waals surface area contributed by atoms with Crippen molar-refractivity contribution in [2.45, 2.75) is 18.6 Å². The van der Waals surface area contributed by atoms with Gasteiger partial charge in [-0.15, -0.1) is 0 Å². The molecule has 1 fully saturated rings. The van der Waals surface area contributed by atoms with Crippen LogP contribution >= 0.6 is 0 Å². The highest BCUT2D eigenvalue weighted by molar-refractivity contribution is 5.68. The van der Waals surface area contributed by atoms with Crippen molar-refractivity contribution in [3.63, 3.8) is 0 Å². The Hall–Kier alpha value is -1.86. The van der Waals surface area contributed by atoms with E-state index in [9.17, 15) is 13.9 Å². The van der Waals surface area contributed by atoms with Crippen LogP contribution in [0.25, 0.3) is 5.70 Å². The van der Waals surface area contributed by atoms with Crippen LogP contribution in [-0.4, -0.2) is 30.5 Å². The van der Waals surface area contributed by atoms with E-state index in [0.29, 0.717) is 24.5 Å². The number of hydroxylamine groups is 1. The maximum Gasteiger partial charge on any atom is 0.387 e. The van der Waals surface area contributed by atoms with Gasteiger partial charge in [-0.25, -0.2) is 0 Å². The predicted molar refractivity (Wildman–Crippen MR) is 65.1 cm³/mol. The molecule has 1 aromatic rings. The molecular weight excluding hydrogens is 272 g/mol. The van der Waals surface area contributed by atoms with Crippen LogP contribution in [0.3, 0.4) is 0 Å². The van der Waals surface area contributed by atoms with Crippen LogP contribution in [0.4, 0.5) is 8.78 Å². The summed E-state index contributed by atoms with van der Waals surface area (Å²) in [7, 11) is 0. The zero-order chi connectivity index (χ0) is 14.2. The SMILES string of the molecule is Oc1cc(C2=CC3(CCOC3)ON2)ccc1OC(F)F. The number of hydrogen-bond acceptors (Lipinski definition) is 5. The van der Waals surface area contributed by atoms with Gasteiger partial charge >= 0.3 is 6.61 Å². The summed E-state index contributed by atoms with van der Waals surface area (Å²) in [5.41, 5.74) is 3.57. The summed E-state index contributed by atoms with van der Waals surface area (Å²) in [5.74, 6) is -0.615. The molecule has 0 amide bonds. The Bertz CT molecular complexity index is 541. The average molecular weight is 285 g/mol. The van der Waals surface area contributed by atoms with Crippen LogP contribution in [0, 0.1) is 0 Å². The standard InChI is InChI=1S/C13H13F2NO4/c14-12(15)19-11-2-1-8(5-10(11)17)9-6-13(20-16-9)3-4-18-7-13/h1-2,5-6,12,16-17H,3-4,7H2. The predicted octanol–water partition coefficient (Wildman–Crippen LogP) is 2.03. The van der Waals surface area contributed by atoms with Gasteiger partial charge in [-0.2, -0.15) is 8.78 Å². The maximum absolute atomic E-state index is 12.1. The molecule has 0 bridgehead atoms. The molecule has 0 radical (unpaired) electrons. The van der Waals surface area contributed by atoms with Crippen LogP contribution in [0.15, 0.2) is 24.3 Å². The van der Waals surface area contributed by atoms with Crippen molar-refractivity contribution in [2.24, 2.45) is 0 Å². The van der Waals surface area contributed by atoms with E-state index >= 15 is 0 Å². The minimum Gasteiger partial charge on any atom is -0.504 e. The quantitative estimate of drug-likeness (QED) is 0.890. The summed E-state index contributed by atoms with van der Waals surface area (Å²) in [5, 5.41) is 9.68. The minimum atomic E-state index is -2.97. The molecule has 0 aliphatic carbocycles. The van der Waals surface area contributed by atoms with E-state index in [4.69, 9.17) is 9.57 Å². The van der Waals surface area contributed by atoms with Gasteiger partial charge in [0.25, 0.3) is 0 Å². The van der Waals surface area contributed by atoms with Gasteiger partial charge in [-0.3, -0.25) is 10.3 Å². The number of aromatic hydroxyl groups is 1. The molecule has 5 nitrogen and oxygen atoms in total. The van der Waals surface area contributed by atoms with Gasteiger partial charge in [-0.1, -0.05) is 0 Å². The molecule has 2 aliphatic heterocycles. The second-order valence-electron chi connectivity index (χ2n) is 4.69. The highest BCUT2D eigenvalue weighted by atomic mass is 19.3. The molecule has 108 valence electrons. The number of alkyl halides is 2. The number of benzene rings is 1. The zero-order valence-corrected chi connectivity index (χ0v) is 10.4. The van der Waals surface area contributed by atoms with Gasteiger partial charge in [0.05, 0.1) is 12.3 Å². The lowest BCUT2D eigenvalue weighted by molar-refractivity contribution is -0.0512. The molecule has 2 aliphatic rings. The number of ether oxygens (including phenoxy) is 2. The van der Waals surface area contributed by atoms with Gasteiger partial charge in [-0.05, 0) is 24.3 Å². The molecule has 7 heteroatoms. The Labute approximate surface area is 113 Å². The van der Waals surface area contributed by atoms with E-state index < -0.39 is 12.2 Å². The van der Waals surface area contributed by atoms with Crippen molar-refractivity contribution >= 4 is 5.70 Å². The summed E-state index contributed by atoms with van der Waals surface area (Å²) in [6.07, 6.45) is 2.62. The van der Waals surface area contributed by atoms with Crippen molar-refractivity contribution in [3.8, 4) is 11.5 Å². The Morgan fingerprint density at radius 2 is 2.25 bits per heavy atom. The van der Waals surface area contributed by atoms with Crippen LogP contribution in [-0.2, 0) is 9.57 Å². The van der Waals surface area contributed by atoms with Crippen molar-refractivity contribution in [1.29, 1.82) is 0 Å². The average Bonchev–Trinajstić information content (AvgIpc) is 3.03. The zero-order valence-electron chi connectivity index (χ0n) is 10.4. The fraction of sp³-hybridized carbons (Fsp3) is 0.385. The number of halogens is 2. The first-order valence-electron chi connectivity index (χ1n) is 6.11. The maximum atomic E-state index is 12.1. The molecule has 0 aromatic heterocycles. The first-order valence-corrected chi connectivity index (χ1v) is 6.11. The first-order chi connectivity index (χ1) is 9.58. The van der Waals surface area contributed by atoms with Crippen molar-refractivity contribution in [3.05, 3.63) is 29.8 Å². The lowest BCUT2D eigenvalue weighted by Crippen LogP contribution is -2.29. The monoisotopic (exact) mass is 285 g/mol. The van der Waals surface area contributed by atoms with Crippen LogP contribution in [0.1, 0.15) is 12.0 Å². The molecule has 1 atom stereocenters. The lowest BCUT2D eigenvalue weighted by Gasteiger charge is -2.15. The number of hydrogen-bond donors (Lipinski definition) is 2. The van der Waals surface area contributed by atoms with E-state index in [1.165, 1.54) is 12.1 Å². The summed E-state index contributed by atoms with van der Waals surface area (Å²) >= 11 is 0. The molecule has 1 spiro atoms. The Kier molecular flexibility index (Phi) is 3.23. The molecule has 1 unspecified atom stereocenters. The second kappa shape index (κ2) is 4.92. The third-order valence-corrected chi connectivity index (χ3v) is 3.27. The highest BCUT2D eigenvalue weighted by Crippen LogP contribution is 2.35. The molecule has 1 aromatic carbocycles. The number of nitrogens with one attached hydrogen (secondary N) is 1. The largest absolute Gasteiger partial charge is 0.504 e. The second-order valence-corrected chi connectivity index (χ2v) is 4.69. The fourth-order valence-corrected chi connectivity index (χ4v) is 2.26. The molecular formula is C13H13F2NO4. The van der Waals surface area contributed by atoms with Crippen molar-refractivity contribution in [1.82, 2.24) is 5.48 Å². The van der Waals surface area contributed by atoms with Crippen molar-refractivity contribution in [2.75, 3.05) is 13.2 Å². The molecule has 20 heavy (non-hydrogen) atoms. The van der Waals surface area contributed by atoms with Crippen LogP contribution < -0.4 is 10.2 Å². The van der Waals surface area contributed by atoms with E-state index in [0.717, 1.165) is 6.42 Å². The normalized spacial score (nSPS) is 25.1. The van der Waals surface area contributed by atoms with E-state index in [1.807, 2.05) is 6.08 Å². The van der Waals surface area contributed by atoms with Crippen LogP contribution in [0.2, 0.25) is 0 Å². The minimum absolute atomic E-state index is 0.262. The highest BCUT2D eigenvalue weighted by Gasteiger charge is 2.39. The number of phenolic OH excluding ortho intramolecular Hbond substituents is 1. The van der Waals surface area contributed by atoms with Gasteiger partial charge in [0.15, 0.2) is 11.5 Å². The molecule has 2 heterocycles. The lowest BCUT2D eigenvalue weighted by atomic mass is 10.0. The number of rotatable bonds is 3. The van der Waals surface area contributed by atoms with Gasteiger partial charge < -0.3 is 14.6 Å². The Morgan fingerprint density at radius 3 is 2.90 bits per heavy atom. The van der Waals surface area contributed by atoms with Gasteiger partial charge in [0.2, 0.25) is 0 Å². The van der Waals surface area contributed by atoms with Crippen LogP contribution in [0.5, 0.6) is 11.5 Å². The third-order valence-electron chi connectivity index (χ3n) is 3.27. The van der Waals surface area contributed by atoms with E-state index in [-0.39, 0.29) is 11.5 Å².